The molecular weight excluding hydrogens is 224 g/mol. The van der Waals surface area contributed by atoms with Crippen LogP contribution in [-0.2, 0) is 12.8 Å². The second-order valence-electron chi connectivity index (χ2n) is 5.53. The van der Waals surface area contributed by atoms with Crippen molar-refractivity contribution in [2.45, 2.75) is 51.0 Å². The lowest BCUT2D eigenvalue weighted by molar-refractivity contribution is 0.501. The molecule has 1 aromatic rings. The molecule has 3 rings (SSSR count). The Labute approximate surface area is 109 Å². The molecule has 2 aliphatic rings. The largest absolute Gasteiger partial charge is 0.355 e. The number of hydrogen-bond acceptors (Lipinski definition) is 4. The first-order valence-corrected chi connectivity index (χ1v) is 7.18. The van der Waals surface area contributed by atoms with Crippen molar-refractivity contribution in [1.82, 2.24) is 9.97 Å². The highest BCUT2D eigenvalue weighted by Gasteiger charge is 2.22. The molecule has 1 aliphatic carbocycles. The highest BCUT2D eigenvalue weighted by atomic mass is 15.2. The summed E-state index contributed by atoms with van der Waals surface area (Å²) in [6.07, 6.45) is 10.2. The molecule has 1 atom stereocenters. The van der Waals surface area contributed by atoms with Crippen molar-refractivity contribution in [3.05, 3.63) is 17.6 Å². The number of aromatic nitrogens is 2. The average Bonchev–Trinajstić information content (AvgIpc) is 2.63. The number of anilines is 1. The van der Waals surface area contributed by atoms with Crippen molar-refractivity contribution in [2.75, 3.05) is 18.0 Å². The Kier molecular flexibility index (Phi) is 3.46. The number of nitrogens with zero attached hydrogens (tertiary/aromatic N) is 3. The lowest BCUT2D eigenvalue weighted by Crippen LogP contribution is -2.43. The van der Waals surface area contributed by atoms with Gasteiger partial charge < -0.3 is 10.6 Å². The third-order valence-electron chi connectivity index (χ3n) is 4.11. The first-order valence-electron chi connectivity index (χ1n) is 7.18. The average molecular weight is 246 g/mol. The van der Waals surface area contributed by atoms with Crippen LogP contribution in [0.1, 0.15) is 43.4 Å². The van der Waals surface area contributed by atoms with Crippen molar-refractivity contribution >= 4 is 5.82 Å². The highest BCUT2D eigenvalue weighted by molar-refractivity contribution is 5.49. The van der Waals surface area contributed by atoms with Crippen molar-refractivity contribution in [3.8, 4) is 0 Å². The Morgan fingerprint density at radius 3 is 2.89 bits per heavy atom. The Hall–Kier alpha value is -1.16. The number of piperidine rings is 1. The Balaban J connectivity index is 1.91. The van der Waals surface area contributed by atoms with Gasteiger partial charge in [-0.05, 0) is 38.5 Å². The quantitative estimate of drug-likeness (QED) is 0.766. The second-order valence-corrected chi connectivity index (χ2v) is 5.53. The molecule has 4 nitrogen and oxygen atoms in total. The maximum absolute atomic E-state index is 6.08. The van der Waals surface area contributed by atoms with E-state index in [0.29, 0.717) is 6.04 Å². The molecule has 2 heterocycles. The van der Waals surface area contributed by atoms with Gasteiger partial charge in [-0.3, -0.25) is 0 Å². The molecule has 1 aliphatic heterocycles. The molecule has 0 saturated carbocycles. The van der Waals surface area contributed by atoms with Crippen LogP contribution in [0.3, 0.4) is 0 Å². The molecule has 18 heavy (non-hydrogen) atoms. The topological polar surface area (TPSA) is 55.0 Å². The summed E-state index contributed by atoms with van der Waals surface area (Å²) < 4.78 is 0. The van der Waals surface area contributed by atoms with Gasteiger partial charge in [-0.15, -0.1) is 0 Å². The molecule has 0 spiro atoms. The molecule has 0 unspecified atom stereocenters. The molecule has 0 radical (unpaired) electrons. The lowest BCUT2D eigenvalue weighted by Gasteiger charge is -2.33. The second kappa shape index (κ2) is 5.22. The minimum atomic E-state index is 0.301. The Bertz CT molecular complexity index is 418. The number of fused-ring (bicyclic) bond motifs is 1. The standard InChI is InChI=1S/C14H22N4/c15-11-5-4-8-18(9-11)14-12-6-2-1-3-7-13(12)16-10-17-14/h10-11H,1-9,15H2/t11-/m1/s1. The van der Waals surface area contributed by atoms with E-state index < -0.39 is 0 Å². The number of rotatable bonds is 1. The minimum Gasteiger partial charge on any atom is -0.355 e. The molecule has 1 saturated heterocycles. The summed E-state index contributed by atoms with van der Waals surface area (Å²) in [7, 11) is 0. The smallest absolute Gasteiger partial charge is 0.135 e. The van der Waals surface area contributed by atoms with Crippen LogP contribution in [0.2, 0.25) is 0 Å². The van der Waals surface area contributed by atoms with Gasteiger partial charge in [-0.2, -0.15) is 0 Å². The SMILES string of the molecule is N[C@@H]1CCCN(c2ncnc3c2CCCCC3)C1. The van der Waals surface area contributed by atoms with E-state index in [-0.39, 0.29) is 0 Å². The fourth-order valence-electron chi connectivity index (χ4n) is 3.16. The van der Waals surface area contributed by atoms with Crippen LogP contribution in [0.15, 0.2) is 6.33 Å². The van der Waals surface area contributed by atoms with E-state index in [0.717, 1.165) is 38.2 Å². The van der Waals surface area contributed by atoms with Crippen molar-refractivity contribution in [3.63, 3.8) is 0 Å². The molecule has 1 aromatic heterocycles. The molecule has 0 bridgehead atoms. The van der Waals surface area contributed by atoms with Crippen molar-refractivity contribution in [2.24, 2.45) is 5.73 Å². The van der Waals surface area contributed by atoms with Gasteiger partial charge in [0, 0.05) is 30.4 Å². The van der Waals surface area contributed by atoms with Crippen molar-refractivity contribution < 1.29 is 0 Å². The van der Waals surface area contributed by atoms with E-state index in [1.807, 2.05) is 0 Å². The van der Waals surface area contributed by atoms with Gasteiger partial charge in [0.05, 0.1) is 0 Å². The van der Waals surface area contributed by atoms with E-state index in [9.17, 15) is 0 Å². The molecule has 2 N–H and O–H groups in total. The van der Waals surface area contributed by atoms with Gasteiger partial charge >= 0.3 is 0 Å². The molecule has 0 aromatic carbocycles. The predicted octanol–water partition coefficient (Wildman–Crippen LogP) is 1.67. The first-order chi connectivity index (χ1) is 8.84. The zero-order valence-corrected chi connectivity index (χ0v) is 10.9. The number of nitrogens with two attached hydrogens (primary N) is 1. The van der Waals surface area contributed by atoms with Crippen molar-refractivity contribution in [1.29, 1.82) is 0 Å². The van der Waals surface area contributed by atoms with E-state index in [4.69, 9.17) is 5.73 Å². The van der Waals surface area contributed by atoms with Gasteiger partial charge in [0.15, 0.2) is 0 Å². The van der Waals surface area contributed by atoms with Crippen LogP contribution < -0.4 is 10.6 Å². The van der Waals surface area contributed by atoms with Crippen LogP contribution in [-0.4, -0.2) is 29.1 Å². The van der Waals surface area contributed by atoms with Gasteiger partial charge in [-0.25, -0.2) is 9.97 Å². The summed E-state index contributed by atoms with van der Waals surface area (Å²) >= 11 is 0. The zero-order chi connectivity index (χ0) is 12.4. The van der Waals surface area contributed by atoms with E-state index in [1.165, 1.54) is 36.9 Å². The number of aryl methyl sites for hydroxylation is 1. The van der Waals surface area contributed by atoms with E-state index >= 15 is 0 Å². The van der Waals surface area contributed by atoms with Crippen LogP contribution in [0.5, 0.6) is 0 Å². The maximum Gasteiger partial charge on any atom is 0.135 e. The predicted molar refractivity (Wildman–Crippen MR) is 72.7 cm³/mol. The van der Waals surface area contributed by atoms with Crippen LogP contribution >= 0.6 is 0 Å². The third-order valence-corrected chi connectivity index (χ3v) is 4.11. The van der Waals surface area contributed by atoms with Gasteiger partial charge in [0.1, 0.15) is 12.1 Å². The molecule has 4 heteroatoms. The molecule has 1 fully saturated rings. The molecule has 0 amide bonds. The molecule has 98 valence electrons. The normalized spacial score (nSPS) is 24.5. The maximum atomic E-state index is 6.08. The van der Waals surface area contributed by atoms with Gasteiger partial charge in [-0.1, -0.05) is 6.42 Å². The van der Waals surface area contributed by atoms with E-state index in [1.54, 1.807) is 6.33 Å². The van der Waals surface area contributed by atoms with Crippen LogP contribution in [0, 0.1) is 0 Å². The minimum absolute atomic E-state index is 0.301. The van der Waals surface area contributed by atoms with Gasteiger partial charge in [0.2, 0.25) is 0 Å². The first kappa shape index (κ1) is 11.9. The summed E-state index contributed by atoms with van der Waals surface area (Å²) in [6.45, 7) is 2.04. The summed E-state index contributed by atoms with van der Waals surface area (Å²) in [5, 5.41) is 0. The van der Waals surface area contributed by atoms with Crippen LogP contribution in [0.4, 0.5) is 5.82 Å². The lowest BCUT2D eigenvalue weighted by atomic mass is 10.0. The summed E-state index contributed by atoms with van der Waals surface area (Å²) in [5.41, 5.74) is 8.75. The highest BCUT2D eigenvalue weighted by Crippen LogP contribution is 2.28. The monoisotopic (exact) mass is 246 g/mol. The van der Waals surface area contributed by atoms with E-state index in [2.05, 4.69) is 14.9 Å². The summed E-state index contributed by atoms with van der Waals surface area (Å²) in [5.74, 6) is 1.16. The Morgan fingerprint density at radius 1 is 1.11 bits per heavy atom. The number of hydrogen-bond donors (Lipinski definition) is 1. The third kappa shape index (κ3) is 2.34. The van der Waals surface area contributed by atoms with Gasteiger partial charge in [0.25, 0.3) is 0 Å². The summed E-state index contributed by atoms with van der Waals surface area (Å²) in [6, 6.07) is 0.301. The zero-order valence-electron chi connectivity index (χ0n) is 10.9. The Morgan fingerprint density at radius 2 is 2.00 bits per heavy atom. The fourth-order valence-corrected chi connectivity index (χ4v) is 3.16. The summed E-state index contributed by atoms with van der Waals surface area (Å²) in [4.78, 5) is 11.4. The fraction of sp³-hybridized carbons (Fsp3) is 0.714. The molecular formula is C14H22N4. The van der Waals surface area contributed by atoms with Crippen LogP contribution in [0.25, 0.3) is 0 Å².